The Morgan fingerprint density at radius 2 is 1.19 bits per heavy atom. The summed E-state index contributed by atoms with van der Waals surface area (Å²) in [6.07, 6.45) is 15.8. The van der Waals surface area contributed by atoms with E-state index in [2.05, 4.69) is 41.4 Å². The Bertz CT molecular complexity index is 2020. The lowest BCUT2D eigenvalue weighted by Crippen LogP contribution is -2.37. The van der Waals surface area contributed by atoms with Crippen LogP contribution in [0.15, 0.2) is 84.9 Å². The van der Waals surface area contributed by atoms with E-state index in [1.165, 1.54) is 22.2 Å². The number of para-hydroxylation sites is 1. The van der Waals surface area contributed by atoms with E-state index in [9.17, 15) is 24.0 Å². The van der Waals surface area contributed by atoms with Gasteiger partial charge < -0.3 is 44.2 Å². The Morgan fingerprint density at radius 3 is 1.78 bits per heavy atom. The smallest absolute Gasteiger partial charge is 0.245 e. The topological polar surface area (TPSA) is 215 Å². The first-order valence-corrected chi connectivity index (χ1v) is 28.3. The third-order valence-corrected chi connectivity index (χ3v) is 12.9. The zero-order valence-electron chi connectivity index (χ0n) is 40.3. The molecule has 5 amide bonds. The van der Waals surface area contributed by atoms with Gasteiger partial charge in [0.25, 0.3) is 0 Å². The van der Waals surface area contributed by atoms with Crippen molar-refractivity contribution in [3.05, 3.63) is 102 Å². The van der Waals surface area contributed by atoms with Gasteiger partial charge in [-0.05, 0) is 79.6 Å². The number of hydrogen-bond donors (Lipinski definition) is 6. The number of thioether (sulfide) groups is 1. The summed E-state index contributed by atoms with van der Waals surface area (Å²) in [5, 5.41) is 5.14. The first-order valence-electron chi connectivity index (χ1n) is 23.7. The summed E-state index contributed by atoms with van der Waals surface area (Å²) in [4.78, 5) is 101. The molecule has 378 valence electrons. The molecule has 1 saturated heterocycles. The number of imide groups is 1. The number of nitrogens with zero attached hydrogens (tertiary/aromatic N) is 2. The molecule has 0 aliphatic carbocycles. The molecule has 18 heteroatoms. The van der Waals surface area contributed by atoms with Crippen molar-refractivity contribution in [2.75, 3.05) is 43.5 Å². The average molecular weight is 1000 g/mol. The van der Waals surface area contributed by atoms with Gasteiger partial charge >= 0.3 is 0 Å². The quantitative estimate of drug-likeness (QED) is 0.0288. The van der Waals surface area contributed by atoms with Gasteiger partial charge in [-0.25, -0.2) is 0 Å². The molecule has 2 heterocycles. The second-order valence-electron chi connectivity index (χ2n) is 15.9. The molecule has 3 aromatic rings. The molecule has 3 aromatic carbocycles. The third-order valence-electron chi connectivity index (χ3n) is 10.5. The Morgan fingerprint density at radius 1 is 0.676 bits per heavy atom. The maximum Gasteiger partial charge on any atom is 0.245 e. The van der Waals surface area contributed by atoms with Gasteiger partial charge in [0.2, 0.25) is 44.7 Å². The Kier molecular flexibility index (Phi) is 30.2. The second kappa shape index (κ2) is 34.3. The highest BCUT2D eigenvalue weighted by atomic mass is 32.2. The van der Waals surface area contributed by atoms with Gasteiger partial charge in [0.15, 0.2) is 0 Å². The molecule has 2 aliphatic rings. The largest absolute Gasteiger partial charge is 0.356 e. The van der Waals surface area contributed by atoms with Gasteiger partial charge in [0.05, 0.1) is 25.0 Å². The molecule has 1 fully saturated rings. The lowest BCUT2D eigenvalue weighted by molar-refractivity contribution is -0.138. The fraction of sp³-hybridized carbons (Fsp3) is 0.500. The minimum atomic E-state index is -3.43. The molecule has 68 heavy (non-hydrogen) atoms. The van der Waals surface area contributed by atoms with Crippen LogP contribution in [0.3, 0.4) is 0 Å². The predicted molar refractivity (Wildman–Crippen MR) is 278 cm³/mol. The number of anilines is 1. The molecular formula is C50H76N4O11P2S. The summed E-state index contributed by atoms with van der Waals surface area (Å²) in [6.45, 7) is 7.77. The van der Waals surface area contributed by atoms with Crippen molar-refractivity contribution in [2.45, 2.75) is 122 Å². The standard InChI is InChI=1S/C32H42N3O7PS.C10H22NO4P.C6H6.C2H6/c1-43(40,41)42-20-8-2-3-9-21-44-28-22-31(38)34(32(28)39)19-17-29(36)33-18-16-30(37)35-23-26-12-5-4-10-24(26)14-15-25-11-6-7-13-27(25)35;1-3-10(12)11-8-6-4-5-7-9-15-16(2,13)14;1-2-4-6-5-3-1;1-2/h4-7,10-13,28,40-41H,1-3,8-9,14-23H2,(H,33,36);13-14H,2-9H2,1H3,(H,11,12);1-6H;1-2H3. The van der Waals surface area contributed by atoms with Crippen molar-refractivity contribution in [3.63, 3.8) is 0 Å². The molecule has 5 rings (SSSR count). The lowest BCUT2D eigenvalue weighted by atomic mass is 9.95. The molecule has 0 aromatic heterocycles. The van der Waals surface area contributed by atoms with E-state index < -0.39 is 20.4 Å². The molecule has 6 N–H and O–H groups in total. The van der Waals surface area contributed by atoms with Crippen LogP contribution in [-0.2, 0) is 52.4 Å². The van der Waals surface area contributed by atoms with E-state index in [-0.39, 0.29) is 68.5 Å². The molecule has 1 atom stereocenters. The highest BCUT2D eigenvalue weighted by Gasteiger charge is 2.38. The van der Waals surface area contributed by atoms with Crippen LogP contribution >= 0.6 is 26.9 Å². The van der Waals surface area contributed by atoms with Crippen molar-refractivity contribution in [3.8, 4) is 0 Å². The van der Waals surface area contributed by atoms with Crippen LogP contribution in [0.25, 0.3) is 0 Å². The Balaban J connectivity index is 0.000000543. The number of carbonyl (C=O) groups excluding carboxylic acids is 5. The fourth-order valence-corrected chi connectivity index (χ4v) is 9.00. The van der Waals surface area contributed by atoms with E-state index >= 15 is 0 Å². The first kappa shape index (κ1) is 60.0. The van der Waals surface area contributed by atoms with Crippen LogP contribution in [0, 0.1) is 0 Å². The minimum Gasteiger partial charge on any atom is -0.356 e. The number of unbranched alkanes of at least 4 members (excludes halogenated alkanes) is 6. The number of carbonyl (C=O) groups is 5. The fourth-order valence-electron chi connectivity index (χ4n) is 6.98. The van der Waals surface area contributed by atoms with Crippen LogP contribution in [0.5, 0.6) is 0 Å². The summed E-state index contributed by atoms with van der Waals surface area (Å²) in [6, 6.07) is 28.1. The van der Waals surface area contributed by atoms with Crippen LogP contribution in [0.4, 0.5) is 5.69 Å². The highest BCUT2D eigenvalue weighted by molar-refractivity contribution is 8.00. The molecule has 2 aliphatic heterocycles. The van der Waals surface area contributed by atoms with E-state index in [0.29, 0.717) is 32.5 Å². The van der Waals surface area contributed by atoms with Crippen LogP contribution < -0.4 is 15.5 Å². The maximum atomic E-state index is 13.4. The van der Waals surface area contributed by atoms with Gasteiger partial charge in [0, 0.05) is 51.0 Å². The second-order valence-corrected chi connectivity index (χ2v) is 20.3. The van der Waals surface area contributed by atoms with Crippen molar-refractivity contribution >= 4 is 74.7 Å². The summed E-state index contributed by atoms with van der Waals surface area (Å²) >= 11 is 1.46. The van der Waals surface area contributed by atoms with Gasteiger partial charge in [-0.1, -0.05) is 125 Å². The van der Waals surface area contributed by atoms with Gasteiger partial charge in [-0.15, -0.1) is 11.8 Å². The zero-order chi connectivity index (χ0) is 50.2. The summed E-state index contributed by atoms with van der Waals surface area (Å²) in [5.74, 6) is -0.102. The first-order chi connectivity index (χ1) is 32.6. The normalized spacial score (nSPS) is 14.3. The van der Waals surface area contributed by atoms with E-state index in [1.54, 1.807) is 4.90 Å². The van der Waals surface area contributed by atoms with Crippen molar-refractivity contribution < 1.29 is 52.6 Å². The van der Waals surface area contributed by atoms with Crippen LogP contribution in [0.2, 0.25) is 0 Å². The number of hydrogen-bond acceptors (Lipinski definition) is 12. The van der Waals surface area contributed by atoms with Gasteiger partial charge in [0.1, 0.15) is 0 Å². The average Bonchev–Trinajstić information content (AvgIpc) is 3.59. The molecule has 1 unspecified atom stereocenters. The molecular weight excluding hydrogens is 927 g/mol. The monoisotopic (exact) mass is 1000 g/mol. The summed E-state index contributed by atoms with van der Waals surface area (Å²) < 4.78 is 9.59. The number of rotatable bonds is 24. The third kappa shape index (κ3) is 26.1. The highest BCUT2D eigenvalue weighted by Crippen LogP contribution is 2.36. The van der Waals surface area contributed by atoms with E-state index in [1.807, 2.05) is 87.5 Å². The SMILES string of the molecule is C=P(O)(O)OCCCCCCNC(=O)CC.C=P(O)(O)OCCCCCCSC1CC(=O)N(CCC(=O)NCCC(=O)N2Cc3ccccc3CCc3ccccc32)C1=O.CC.c1ccccc1. The minimum absolute atomic E-state index is 0.0103. The van der Waals surface area contributed by atoms with Crippen LogP contribution in [0.1, 0.15) is 115 Å². The number of likely N-dealkylation sites (tertiary alicyclic amines) is 1. The Hall–Kier alpha value is -4.08. The number of benzene rings is 3. The molecule has 15 nitrogen and oxygen atoms in total. The van der Waals surface area contributed by atoms with Crippen molar-refractivity contribution in [2.24, 2.45) is 0 Å². The number of fused-ring (bicyclic) bond motifs is 2. The maximum absolute atomic E-state index is 13.4. The molecule has 0 bridgehead atoms. The number of nitrogens with one attached hydrogen (secondary N) is 2. The van der Waals surface area contributed by atoms with E-state index in [0.717, 1.165) is 80.4 Å². The number of aryl methyl sites for hydroxylation is 2. The van der Waals surface area contributed by atoms with Crippen molar-refractivity contribution in [1.82, 2.24) is 15.5 Å². The summed E-state index contributed by atoms with van der Waals surface area (Å²) in [5.41, 5.74) is 4.38. The summed E-state index contributed by atoms with van der Waals surface area (Å²) in [7, 11) is -6.73. The van der Waals surface area contributed by atoms with Gasteiger partial charge in [-0.3, -0.25) is 28.9 Å². The molecule has 0 spiro atoms. The molecule has 0 saturated carbocycles. The van der Waals surface area contributed by atoms with E-state index in [4.69, 9.17) is 28.6 Å². The van der Waals surface area contributed by atoms with Gasteiger partial charge in [-0.2, -0.15) is 0 Å². The molecule has 0 radical (unpaired) electrons. The predicted octanol–water partition coefficient (Wildman–Crippen LogP) is 7.81. The number of amides is 5. The Labute approximate surface area is 408 Å². The van der Waals surface area contributed by atoms with Crippen LogP contribution in [-0.4, -0.2) is 110 Å². The zero-order valence-corrected chi connectivity index (χ0v) is 42.9. The van der Waals surface area contributed by atoms with Crippen molar-refractivity contribution in [1.29, 1.82) is 0 Å². The lowest BCUT2D eigenvalue weighted by Gasteiger charge is -2.29.